The van der Waals surface area contributed by atoms with Gasteiger partial charge in [-0.3, -0.25) is 9.69 Å². The number of likely N-dealkylation sites (tertiary alicyclic amines) is 1. The molecule has 5 nitrogen and oxygen atoms in total. The highest BCUT2D eigenvalue weighted by atomic mass is 16.2. The van der Waals surface area contributed by atoms with Crippen LogP contribution in [0.3, 0.4) is 0 Å². The highest BCUT2D eigenvalue weighted by molar-refractivity contribution is 6.07. The van der Waals surface area contributed by atoms with Crippen LogP contribution in [0.5, 0.6) is 0 Å². The molecule has 0 aromatic carbocycles. The average Bonchev–Trinajstić information content (AvgIpc) is 2.73. The van der Waals surface area contributed by atoms with Crippen LogP contribution >= 0.6 is 0 Å². The van der Waals surface area contributed by atoms with Crippen LogP contribution in [0.2, 0.25) is 0 Å². The molecule has 0 radical (unpaired) electrons. The molecular weight excluding hydrogens is 302 g/mol. The minimum atomic E-state index is -0.597. The Labute approximate surface area is 147 Å². The quantitative estimate of drug-likeness (QED) is 0.698. The standard InChI is InChI=1S/C19H35N3O2/c1-7-16(6)20-12-9-19(10-13-20)17(23)22(15(4)5)18(24)21(19)11-8-14(2)3/h14-16H,7-13H2,1-6H3/t16-/m0/s1. The molecule has 1 spiro atoms. The topological polar surface area (TPSA) is 43.9 Å². The van der Waals surface area contributed by atoms with Gasteiger partial charge in [0.15, 0.2) is 0 Å². The number of hydrogen-bond donors (Lipinski definition) is 0. The molecule has 0 saturated carbocycles. The van der Waals surface area contributed by atoms with Crippen molar-refractivity contribution in [3.05, 3.63) is 0 Å². The van der Waals surface area contributed by atoms with Gasteiger partial charge >= 0.3 is 6.03 Å². The molecule has 1 atom stereocenters. The molecule has 138 valence electrons. The number of piperidine rings is 1. The first-order chi connectivity index (χ1) is 11.2. The summed E-state index contributed by atoms with van der Waals surface area (Å²) in [5.41, 5.74) is -0.597. The number of rotatable bonds is 6. The summed E-state index contributed by atoms with van der Waals surface area (Å²) in [4.78, 5) is 32.0. The summed E-state index contributed by atoms with van der Waals surface area (Å²) in [6.45, 7) is 15.1. The lowest BCUT2D eigenvalue weighted by atomic mass is 9.84. The molecule has 0 aromatic heterocycles. The molecule has 2 heterocycles. The summed E-state index contributed by atoms with van der Waals surface area (Å²) in [5.74, 6) is 0.563. The van der Waals surface area contributed by atoms with E-state index in [0.717, 1.165) is 38.8 Å². The van der Waals surface area contributed by atoms with Gasteiger partial charge in [0.25, 0.3) is 5.91 Å². The van der Waals surface area contributed by atoms with E-state index in [1.54, 1.807) is 0 Å². The fourth-order valence-corrected chi connectivity index (χ4v) is 3.97. The lowest BCUT2D eigenvalue weighted by Gasteiger charge is -2.44. The van der Waals surface area contributed by atoms with E-state index in [1.165, 1.54) is 4.90 Å². The van der Waals surface area contributed by atoms with Crippen molar-refractivity contribution < 1.29 is 9.59 Å². The predicted octanol–water partition coefficient (Wildman–Crippen LogP) is 3.34. The first-order valence-electron chi connectivity index (χ1n) is 9.64. The van der Waals surface area contributed by atoms with Crippen molar-refractivity contribution in [2.24, 2.45) is 5.92 Å². The minimum absolute atomic E-state index is 0.0371. The van der Waals surface area contributed by atoms with Crippen molar-refractivity contribution in [1.29, 1.82) is 0 Å². The summed E-state index contributed by atoms with van der Waals surface area (Å²) in [7, 11) is 0. The third-order valence-electron chi connectivity index (χ3n) is 5.86. The summed E-state index contributed by atoms with van der Waals surface area (Å²) in [6.07, 6.45) is 3.60. The Balaban J connectivity index is 2.23. The molecular formula is C19H35N3O2. The van der Waals surface area contributed by atoms with Gasteiger partial charge in [-0.05, 0) is 52.4 Å². The molecule has 0 N–H and O–H groups in total. The van der Waals surface area contributed by atoms with Gasteiger partial charge in [-0.15, -0.1) is 0 Å². The summed E-state index contributed by atoms with van der Waals surface area (Å²) in [5, 5.41) is 0. The van der Waals surface area contributed by atoms with Crippen molar-refractivity contribution in [2.45, 2.75) is 84.8 Å². The van der Waals surface area contributed by atoms with Gasteiger partial charge in [-0.25, -0.2) is 4.79 Å². The number of carbonyl (C=O) groups is 2. The maximum Gasteiger partial charge on any atom is 0.327 e. The highest BCUT2D eigenvalue weighted by Crippen LogP contribution is 2.39. The molecule has 2 aliphatic rings. The molecule has 24 heavy (non-hydrogen) atoms. The third kappa shape index (κ3) is 3.32. The molecule has 3 amide bonds. The molecule has 0 bridgehead atoms. The normalized spacial score (nSPS) is 23.2. The van der Waals surface area contributed by atoms with Crippen LogP contribution in [0.25, 0.3) is 0 Å². The van der Waals surface area contributed by atoms with E-state index >= 15 is 0 Å². The fraction of sp³-hybridized carbons (Fsp3) is 0.895. The number of nitrogens with zero attached hydrogens (tertiary/aromatic N) is 3. The Morgan fingerprint density at radius 2 is 1.62 bits per heavy atom. The Hall–Kier alpha value is -1.10. The van der Waals surface area contributed by atoms with E-state index in [-0.39, 0.29) is 18.0 Å². The number of urea groups is 1. The second kappa shape index (κ2) is 7.42. The van der Waals surface area contributed by atoms with E-state index in [2.05, 4.69) is 32.6 Å². The molecule has 0 aliphatic carbocycles. The lowest BCUT2D eigenvalue weighted by molar-refractivity contribution is -0.137. The van der Waals surface area contributed by atoms with Crippen molar-refractivity contribution in [2.75, 3.05) is 19.6 Å². The second-order valence-corrected chi connectivity index (χ2v) is 8.21. The van der Waals surface area contributed by atoms with Gasteiger partial charge < -0.3 is 9.80 Å². The maximum atomic E-state index is 13.2. The van der Waals surface area contributed by atoms with E-state index in [0.29, 0.717) is 18.5 Å². The largest absolute Gasteiger partial charge is 0.327 e. The first-order valence-corrected chi connectivity index (χ1v) is 9.64. The fourth-order valence-electron chi connectivity index (χ4n) is 3.97. The van der Waals surface area contributed by atoms with E-state index in [4.69, 9.17) is 0 Å². The van der Waals surface area contributed by atoms with E-state index in [1.807, 2.05) is 18.7 Å². The monoisotopic (exact) mass is 337 g/mol. The van der Waals surface area contributed by atoms with Crippen molar-refractivity contribution in [3.8, 4) is 0 Å². The van der Waals surface area contributed by atoms with Crippen molar-refractivity contribution in [1.82, 2.24) is 14.7 Å². The van der Waals surface area contributed by atoms with Gasteiger partial charge in [-0.1, -0.05) is 20.8 Å². The van der Waals surface area contributed by atoms with E-state index in [9.17, 15) is 9.59 Å². The molecule has 5 heteroatoms. The Morgan fingerprint density at radius 3 is 2.08 bits per heavy atom. The van der Waals surface area contributed by atoms with Crippen LogP contribution < -0.4 is 0 Å². The third-order valence-corrected chi connectivity index (χ3v) is 5.86. The molecule has 2 fully saturated rings. The van der Waals surface area contributed by atoms with Gasteiger partial charge in [0.2, 0.25) is 0 Å². The zero-order chi connectivity index (χ0) is 18.1. The lowest BCUT2D eigenvalue weighted by Crippen LogP contribution is -2.58. The Kier molecular flexibility index (Phi) is 5.95. The van der Waals surface area contributed by atoms with Crippen molar-refractivity contribution >= 4 is 11.9 Å². The van der Waals surface area contributed by atoms with Crippen LogP contribution in [0.1, 0.15) is 67.2 Å². The number of amides is 3. The second-order valence-electron chi connectivity index (χ2n) is 8.21. The minimum Gasteiger partial charge on any atom is -0.309 e. The van der Waals surface area contributed by atoms with Crippen LogP contribution in [0, 0.1) is 5.92 Å². The zero-order valence-corrected chi connectivity index (χ0v) is 16.3. The average molecular weight is 338 g/mol. The van der Waals surface area contributed by atoms with Crippen LogP contribution in [0.15, 0.2) is 0 Å². The summed E-state index contributed by atoms with van der Waals surface area (Å²) in [6, 6.07) is 0.394. The number of hydrogen-bond acceptors (Lipinski definition) is 3. The van der Waals surface area contributed by atoms with Gasteiger partial charge in [-0.2, -0.15) is 0 Å². The molecule has 2 aliphatic heterocycles. The van der Waals surface area contributed by atoms with E-state index < -0.39 is 5.54 Å². The maximum absolute atomic E-state index is 13.2. The SMILES string of the molecule is CC[C@H](C)N1CCC2(CC1)C(=O)N(C(C)C)C(=O)N2CCC(C)C. The van der Waals surface area contributed by atoms with Gasteiger partial charge in [0, 0.05) is 31.7 Å². The molecule has 2 rings (SSSR count). The van der Waals surface area contributed by atoms with Crippen molar-refractivity contribution in [3.63, 3.8) is 0 Å². The van der Waals surface area contributed by atoms with Gasteiger partial charge in [0.05, 0.1) is 0 Å². The van der Waals surface area contributed by atoms with Gasteiger partial charge in [0.1, 0.15) is 5.54 Å². The zero-order valence-electron chi connectivity index (χ0n) is 16.3. The smallest absolute Gasteiger partial charge is 0.309 e. The van der Waals surface area contributed by atoms with Crippen LogP contribution in [0.4, 0.5) is 4.79 Å². The highest BCUT2D eigenvalue weighted by Gasteiger charge is 2.58. The van der Waals surface area contributed by atoms with Crippen LogP contribution in [-0.2, 0) is 4.79 Å². The number of carbonyl (C=O) groups excluding carboxylic acids is 2. The Bertz CT molecular complexity index is 467. The Morgan fingerprint density at radius 1 is 1.04 bits per heavy atom. The summed E-state index contributed by atoms with van der Waals surface area (Å²) < 4.78 is 0. The first kappa shape index (κ1) is 19.2. The number of imide groups is 1. The molecule has 2 saturated heterocycles. The molecule has 0 aromatic rings. The predicted molar refractivity (Wildman–Crippen MR) is 96.8 cm³/mol. The molecule has 0 unspecified atom stereocenters. The summed E-state index contributed by atoms with van der Waals surface area (Å²) >= 11 is 0. The van der Waals surface area contributed by atoms with Crippen LogP contribution in [-0.4, -0.2) is 63.9 Å².